The topological polar surface area (TPSA) is 42.1 Å². The largest absolute Gasteiger partial charge is 0.330 e. The predicted molar refractivity (Wildman–Crippen MR) is 78.6 cm³/mol. The van der Waals surface area contributed by atoms with Gasteiger partial charge in [0.25, 0.3) is 0 Å². The Balaban J connectivity index is 1.95. The van der Waals surface area contributed by atoms with Crippen LogP contribution in [0.2, 0.25) is 0 Å². The summed E-state index contributed by atoms with van der Waals surface area (Å²) in [7, 11) is 2.12. The lowest BCUT2D eigenvalue weighted by molar-refractivity contribution is 0.315. The third kappa shape index (κ3) is 4.47. The molecule has 0 radical (unpaired) electrons. The van der Waals surface area contributed by atoms with Gasteiger partial charge in [-0.05, 0) is 43.3 Å². The van der Waals surface area contributed by atoms with Crippen LogP contribution >= 0.6 is 0 Å². The number of benzene rings is 1. The average molecular weight is 255 g/mol. The van der Waals surface area contributed by atoms with Crippen molar-refractivity contribution in [1.29, 1.82) is 0 Å². The number of pyridine rings is 1. The van der Waals surface area contributed by atoms with E-state index in [1.54, 1.807) is 0 Å². The zero-order chi connectivity index (χ0) is 13.5. The van der Waals surface area contributed by atoms with Crippen LogP contribution in [0.1, 0.15) is 16.8 Å². The van der Waals surface area contributed by atoms with Crippen LogP contribution in [0.15, 0.2) is 48.7 Å². The average Bonchev–Trinajstić information content (AvgIpc) is 2.40. The first kappa shape index (κ1) is 13.7. The smallest absolute Gasteiger partial charge is 0.0543 e. The highest BCUT2D eigenvalue weighted by Gasteiger charge is 2.03. The minimum absolute atomic E-state index is 0.702. The maximum absolute atomic E-state index is 5.60. The van der Waals surface area contributed by atoms with Gasteiger partial charge in [0.15, 0.2) is 0 Å². The molecule has 0 aliphatic carbocycles. The highest BCUT2D eigenvalue weighted by atomic mass is 15.1. The summed E-state index contributed by atoms with van der Waals surface area (Å²) >= 11 is 0. The molecule has 3 nitrogen and oxygen atoms in total. The molecule has 100 valence electrons. The van der Waals surface area contributed by atoms with Crippen LogP contribution in [-0.2, 0) is 19.5 Å². The molecule has 0 unspecified atom stereocenters. The third-order valence-corrected chi connectivity index (χ3v) is 3.03. The van der Waals surface area contributed by atoms with Crippen molar-refractivity contribution in [1.82, 2.24) is 9.88 Å². The van der Waals surface area contributed by atoms with Crippen LogP contribution in [-0.4, -0.2) is 23.5 Å². The van der Waals surface area contributed by atoms with Crippen molar-refractivity contribution in [3.8, 4) is 0 Å². The maximum atomic E-state index is 5.60. The standard InChI is InChI=1S/C16H21N3/c1-19(13-16-7-2-3-10-18-16)12-15-6-4-5-14(11-15)8-9-17/h2-7,10-11H,8-9,12-13,17H2,1H3. The fourth-order valence-corrected chi connectivity index (χ4v) is 2.19. The van der Waals surface area contributed by atoms with E-state index in [2.05, 4.69) is 47.3 Å². The normalized spacial score (nSPS) is 10.9. The number of nitrogens with zero attached hydrogens (tertiary/aromatic N) is 2. The molecule has 1 aromatic carbocycles. The van der Waals surface area contributed by atoms with Crippen molar-refractivity contribution in [2.75, 3.05) is 13.6 Å². The Morgan fingerprint density at radius 1 is 1.05 bits per heavy atom. The van der Waals surface area contributed by atoms with Gasteiger partial charge in [0.05, 0.1) is 5.69 Å². The molecule has 0 spiro atoms. The van der Waals surface area contributed by atoms with Crippen LogP contribution in [0, 0.1) is 0 Å². The van der Waals surface area contributed by atoms with Gasteiger partial charge in [0, 0.05) is 19.3 Å². The van der Waals surface area contributed by atoms with Gasteiger partial charge in [-0.2, -0.15) is 0 Å². The first-order chi connectivity index (χ1) is 9.28. The lowest BCUT2D eigenvalue weighted by Gasteiger charge is -2.16. The van der Waals surface area contributed by atoms with Crippen LogP contribution in [0.5, 0.6) is 0 Å². The van der Waals surface area contributed by atoms with Gasteiger partial charge in [0.1, 0.15) is 0 Å². The zero-order valence-corrected chi connectivity index (χ0v) is 11.4. The SMILES string of the molecule is CN(Cc1cccc(CCN)c1)Cc1ccccn1. The first-order valence-corrected chi connectivity index (χ1v) is 6.64. The minimum atomic E-state index is 0.702. The second kappa shape index (κ2) is 7.02. The molecular weight excluding hydrogens is 234 g/mol. The number of aromatic nitrogens is 1. The van der Waals surface area contributed by atoms with E-state index >= 15 is 0 Å². The van der Waals surface area contributed by atoms with Gasteiger partial charge in [-0.15, -0.1) is 0 Å². The molecule has 0 bridgehead atoms. The highest BCUT2D eigenvalue weighted by molar-refractivity contribution is 5.23. The summed E-state index contributed by atoms with van der Waals surface area (Å²) in [6.45, 7) is 2.49. The minimum Gasteiger partial charge on any atom is -0.330 e. The van der Waals surface area contributed by atoms with Gasteiger partial charge in [-0.1, -0.05) is 30.3 Å². The molecule has 19 heavy (non-hydrogen) atoms. The summed E-state index contributed by atoms with van der Waals surface area (Å²) in [5.74, 6) is 0. The molecule has 2 aromatic rings. The van der Waals surface area contributed by atoms with E-state index < -0.39 is 0 Å². The Morgan fingerprint density at radius 2 is 1.89 bits per heavy atom. The molecular formula is C16H21N3. The second-order valence-corrected chi connectivity index (χ2v) is 4.85. The van der Waals surface area contributed by atoms with E-state index in [0.717, 1.165) is 25.2 Å². The summed E-state index contributed by atoms with van der Waals surface area (Å²) in [6.07, 6.45) is 2.78. The molecule has 1 aromatic heterocycles. The summed E-state index contributed by atoms with van der Waals surface area (Å²) in [5.41, 5.74) is 9.33. The molecule has 0 aliphatic rings. The summed E-state index contributed by atoms with van der Waals surface area (Å²) in [4.78, 5) is 6.62. The van der Waals surface area contributed by atoms with Crippen LogP contribution in [0.3, 0.4) is 0 Å². The number of nitrogens with two attached hydrogens (primary N) is 1. The van der Waals surface area contributed by atoms with Crippen molar-refractivity contribution in [2.24, 2.45) is 5.73 Å². The molecule has 0 amide bonds. The Hall–Kier alpha value is -1.71. The van der Waals surface area contributed by atoms with E-state index in [4.69, 9.17) is 5.73 Å². The molecule has 3 heteroatoms. The predicted octanol–water partition coefficient (Wildman–Crippen LogP) is 2.21. The van der Waals surface area contributed by atoms with Crippen molar-refractivity contribution in [3.63, 3.8) is 0 Å². The molecule has 0 saturated heterocycles. The highest BCUT2D eigenvalue weighted by Crippen LogP contribution is 2.09. The van der Waals surface area contributed by atoms with E-state index in [0.29, 0.717) is 6.54 Å². The van der Waals surface area contributed by atoms with Crippen molar-refractivity contribution in [2.45, 2.75) is 19.5 Å². The van der Waals surface area contributed by atoms with Crippen molar-refractivity contribution < 1.29 is 0 Å². The second-order valence-electron chi connectivity index (χ2n) is 4.85. The van der Waals surface area contributed by atoms with Gasteiger partial charge < -0.3 is 5.73 Å². The van der Waals surface area contributed by atoms with Crippen molar-refractivity contribution >= 4 is 0 Å². The zero-order valence-electron chi connectivity index (χ0n) is 11.4. The molecule has 1 heterocycles. The first-order valence-electron chi connectivity index (χ1n) is 6.64. The van der Waals surface area contributed by atoms with Gasteiger partial charge >= 0.3 is 0 Å². The summed E-state index contributed by atoms with van der Waals surface area (Å²) in [5, 5.41) is 0. The fraction of sp³-hybridized carbons (Fsp3) is 0.312. The Morgan fingerprint density at radius 3 is 2.63 bits per heavy atom. The summed E-state index contributed by atoms with van der Waals surface area (Å²) < 4.78 is 0. The van der Waals surface area contributed by atoms with Crippen LogP contribution in [0.4, 0.5) is 0 Å². The summed E-state index contributed by atoms with van der Waals surface area (Å²) in [6, 6.07) is 14.7. The van der Waals surface area contributed by atoms with E-state index in [1.165, 1.54) is 11.1 Å². The molecule has 0 atom stereocenters. The van der Waals surface area contributed by atoms with Gasteiger partial charge in [0.2, 0.25) is 0 Å². The quantitative estimate of drug-likeness (QED) is 0.860. The third-order valence-electron chi connectivity index (χ3n) is 3.03. The Labute approximate surface area is 115 Å². The van der Waals surface area contributed by atoms with Crippen LogP contribution in [0.25, 0.3) is 0 Å². The lowest BCUT2D eigenvalue weighted by Crippen LogP contribution is -2.18. The Bertz CT molecular complexity index is 496. The van der Waals surface area contributed by atoms with E-state index in [1.807, 2.05) is 18.3 Å². The Kier molecular flexibility index (Phi) is 5.07. The molecule has 0 aliphatic heterocycles. The number of hydrogen-bond donors (Lipinski definition) is 1. The number of hydrogen-bond acceptors (Lipinski definition) is 3. The molecule has 2 rings (SSSR count). The fourth-order valence-electron chi connectivity index (χ4n) is 2.19. The monoisotopic (exact) mass is 255 g/mol. The van der Waals surface area contributed by atoms with Gasteiger partial charge in [-0.3, -0.25) is 9.88 Å². The molecule has 2 N–H and O–H groups in total. The van der Waals surface area contributed by atoms with Gasteiger partial charge in [-0.25, -0.2) is 0 Å². The molecule has 0 saturated carbocycles. The maximum Gasteiger partial charge on any atom is 0.0543 e. The molecule has 0 fully saturated rings. The van der Waals surface area contributed by atoms with Crippen LogP contribution < -0.4 is 5.73 Å². The number of rotatable bonds is 6. The lowest BCUT2D eigenvalue weighted by atomic mass is 10.1. The van der Waals surface area contributed by atoms with E-state index in [9.17, 15) is 0 Å². The van der Waals surface area contributed by atoms with Crippen molar-refractivity contribution in [3.05, 3.63) is 65.5 Å². The van der Waals surface area contributed by atoms with E-state index in [-0.39, 0.29) is 0 Å².